The lowest BCUT2D eigenvalue weighted by Crippen LogP contribution is -2.41. The second kappa shape index (κ2) is 7.05. The summed E-state index contributed by atoms with van der Waals surface area (Å²) >= 11 is -1.53. The number of fused-ring (bicyclic) bond motifs is 1. The van der Waals surface area contributed by atoms with Crippen LogP contribution in [0.1, 0.15) is 16.7 Å². The second-order valence-corrected chi connectivity index (χ2v) is 9.68. The summed E-state index contributed by atoms with van der Waals surface area (Å²) in [4.78, 5) is 0. The zero-order valence-corrected chi connectivity index (χ0v) is 16.2. The molecule has 0 N–H and O–H groups in total. The summed E-state index contributed by atoms with van der Waals surface area (Å²) in [5.41, 5.74) is 5.49. The largest absolute Gasteiger partial charge is 0.386 e. The molecule has 0 bridgehead atoms. The third kappa shape index (κ3) is 2.86. The van der Waals surface area contributed by atoms with Crippen molar-refractivity contribution in [2.75, 3.05) is 0 Å². The van der Waals surface area contributed by atoms with Gasteiger partial charge in [0.05, 0.1) is 0 Å². The van der Waals surface area contributed by atoms with E-state index in [4.69, 9.17) is 0 Å². The first-order valence-electron chi connectivity index (χ1n) is 9.43. The molecule has 4 aromatic rings. The molecule has 27 heavy (non-hydrogen) atoms. The van der Waals surface area contributed by atoms with E-state index in [-0.39, 0.29) is 0 Å². The Morgan fingerprint density at radius 1 is 0.444 bits per heavy atom. The van der Waals surface area contributed by atoms with Gasteiger partial charge in [0.2, 0.25) is 0 Å². The molecule has 0 radical (unpaired) electrons. The van der Waals surface area contributed by atoms with Gasteiger partial charge in [0.15, 0.2) is 0 Å². The predicted molar refractivity (Wildman–Crippen MR) is 117 cm³/mol. The van der Waals surface area contributed by atoms with E-state index in [0.29, 0.717) is 0 Å². The summed E-state index contributed by atoms with van der Waals surface area (Å²) in [6.45, 7) is 0. The molecule has 0 amide bonds. The molecular weight excluding hydrogens is 339 g/mol. The van der Waals surface area contributed by atoms with E-state index in [1.807, 2.05) is 0 Å². The van der Waals surface area contributed by atoms with Crippen LogP contribution in [0.2, 0.25) is 0 Å². The van der Waals surface area contributed by atoms with Gasteiger partial charge in [0.1, 0.15) is 0 Å². The number of benzene rings is 4. The Morgan fingerprint density at radius 2 is 0.963 bits per heavy atom. The molecule has 1 aliphatic heterocycles. The normalized spacial score (nSPS) is 13.0. The van der Waals surface area contributed by atoms with Gasteiger partial charge in [-0.25, -0.2) is 0 Å². The monoisotopic (exact) mass is 358 g/mol. The van der Waals surface area contributed by atoms with Crippen molar-refractivity contribution in [3.05, 3.63) is 132 Å². The predicted octanol–water partition coefficient (Wildman–Crippen LogP) is 4.81. The molecule has 0 spiro atoms. The van der Waals surface area contributed by atoms with Gasteiger partial charge >= 0.3 is 14.1 Å². The van der Waals surface area contributed by atoms with Crippen LogP contribution in [-0.2, 0) is 0 Å². The van der Waals surface area contributed by atoms with Crippen molar-refractivity contribution in [3.8, 4) is 0 Å². The van der Waals surface area contributed by atoms with Gasteiger partial charge < -0.3 is 0 Å². The molecule has 0 aromatic heterocycles. The van der Waals surface area contributed by atoms with Crippen LogP contribution < -0.4 is 8.85 Å². The quantitative estimate of drug-likeness (QED) is 0.461. The zero-order valence-electron chi connectivity index (χ0n) is 15.0. The summed E-state index contributed by atoms with van der Waals surface area (Å²) in [7, 11) is 0. The average Bonchev–Trinajstić information content (AvgIpc) is 3.11. The van der Waals surface area contributed by atoms with E-state index in [1.54, 1.807) is 0 Å². The highest BCUT2D eigenvalue weighted by Crippen LogP contribution is 2.38. The molecule has 126 valence electrons. The van der Waals surface area contributed by atoms with Crippen LogP contribution >= 0.6 is 0 Å². The minimum atomic E-state index is -1.53. The van der Waals surface area contributed by atoms with Gasteiger partial charge in [0, 0.05) is 0 Å². The number of hydrogen-bond acceptors (Lipinski definition) is 0. The standard InChI is InChI=1S/C20H14.C6H5.Al/c1-4-10-17(11-5-1)16-20(18-12-6-2-7-13-18)19-14-8-3-9-15-19;1-2-4-6-5-3-1;/h1-14H;1-5H;. The van der Waals surface area contributed by atoms with Gasteiger partial charge in [-0.1, -0.05) is 129 Å². The van der Waals surface area contributed by atoms with Crippen LogP contribution in [0.25, 0.3) is 10.0 Å². The number of rotatable bonds is 3. The van der Waals surface area contributed by atoms with Crippen molar-refractivity contribution in [1.29, 1.82) is 0 Å². The Labute approximate surface area is 164 Å². The van der Waals surface area contributed by atoms with E-state index in [1.165, 1.54) is 35.5 Å². The van der Waals surface area contributed by atoms with Crippen molar-refractivity contribution in [3.63, 3.8) is 0 Å². The number of hydrogen-bond donors (Lipinski definition) is 0. The lowest BCUT2D eigenvalue weighted by molar-refractivity contribution is 1.58. The van der Waals surface area contributed by atoms with Gasteiger partial charge in [-0.3, -0.25) is 0 Å². The lowest BCUT2D eigenvalue weighted by Gasteiger charge is -2.14. The summed E-state index contributed by atoms with van der Waals surface area (Å²) in [6, 6.07) is 41.9. The Hall–Kier alpha value is -2.85. The van der Waals surface area contributed by atoms with E-state index >= 15 is 0 Å². The summed E-state index contributed by atoms with van der Waals surface area (Å²) in [5, 5.41) is 0. The summed E-state index contributed by atoms with van der Waals surface area (Å²) in [5.74, 6) is 0. The molecule has 5 rings (SSSR count). The molecular formula is C26H19Al. The first kappa shape index (κ1) is 16.3. The fourth-order valence-corrected chi connectivity index (χ4v) is 7.86. The highest BCUT2D eigenvalue weighted by molar-refractivity contribution is 7.03. The first-order chi connectivity index (χ1) is 13.4. The van der Waals surface area contributed by atoms with Gasteiger partial charge in [-0.2, -0.15) is 0 Å². The molecule has 0 fully saturated rings. The Bertz CT molecular complexity index is 1100. The Morgan fingerprint density at radius 3 is 1.63 bits per heavy atom. The van der Waals surface area contributed by atoms with Gasteiger partial charge in [-0.15, -0.1) is 0 Å². The molecule has 0 atom stereocenters. The average molecular weight is 358 g/mol. The molecule has 0 nitrogen and oxygen atoms in total. The fraction of sp³-hybridized carbons (Fsp3) is 0. The molecule has 0 saturated carbocycles. The van der Waals surface area contributed by atoms with Crippen molar-refractivity contribution in [1.82, 2.24) is 0 Å². The molecule has 1 heteroatoms. The minimum absolute atomic E-state index is 1.31. The minimum Gasteiger partial charge on any atom is -0.0985 e. The third-order valence-corrected chi connectivity index (χ3v) is 8.76. The molecule has 4 aromatic carbocycles. The topological polar surface area (TPSA) is 0 Å². The van der Waals surface area contributed by atoms with Crippen LogP contribution in [0.5, 0.6) is 0 Å². The van der Waals surface area contributed by atoms with Crippen molar-refractivity contribution in [2.24, 2.45) is 0 Å². The maximum atomic E-state index is 2.35. The van der Waals surface area contributed by atoms with Gasteiger partial charge in [0.25, 0.3) is 0 Å². The fourth-order valence-electron chi connectivity index (χ4n) is 4.26. The highest BCUT2D eigenvalue weighted by atomic mass is 27.2. The Balaban J connectivity index is 1.86. The van der Waals surface area contributed by atoms with Crippen LogP contribution in [-0.4, -0.2) is 14.1 Å². The Kier molecular flexibility index (Phi) is 4.26. The van der Waals surface area contributed by atoms with Gasteiger partial charge in [-0.05, 0) is 22.3 Å². The first-order valence-corrected chi connectivity index (χ1v) is 11.2. The molecule has 0 aliphatic carbocycles. The smallest absolute Gasteiger partial charge is 0.0985 e. The molecule has 0 unspecified atom stereocenters. The highest BCUT2D eigenvalue weighted by Gasteiger charge is 2.38. The van der Waals surface area contributed by atoms with Crippen molar-refractivity contribution in [2.45, 2.75) is 0 Å². The summed E-state index contributed by atoms with van der Waals surface area (Å²) < 4.78 is 4.55. The van der Waals surface area contributed by atoms with Crippen molar-refractivity contribution >= 4 is 33.0 Å². The maximum absolute atomic E-state index is 2.35. The summed E-state index contributed by atoms with van der Waals surface area (Å²) in [6.07, 6.45) is 0. The van der Waals surface area contributed by atoms with Crippen LogP contribution in [0.15, 0.2) is 115 Å². The molecule has 0 saturated heterocycles. The maximum Gasteiger partial charge on any atom is 0.386 e. The molecule has 1 heterocycles. The zero-order chi connectivity index (χ0) is 18.1. The van der Waals surface area contributed by atoms with E-state index < -0.39 is 14.1 Å². The van der Waals surface area contributed by atoms with Crippen LogP contribution in [0.4, 0.5) is 0 Å². The van der Waals surface area contributed by atoms with Crippen LogP contribution in [0.3, 0.4) is 0 Å². The van der Waals surface area contributed by atoms with E-state index in [0.717, 1.165) is 0 Å². The van der Waals surface area contributed by atoms with E-state index in [9.17, 15) is 0 Å². The van der Waals surface area contributed by atoms with Crippen LogP contribution in [0, 0.1) is 0 Å². The molecule has 1 aliphatic rings. The van der Waals surface area contributed by atoms with E-state index in [2.05, 4.69) is 115 Å². The second-order valence-electron chi connectivity index (χ2n) is 6.95. The van der Waals surface area contributed by atoms with Crippen molar-refractivity contribution < 1.29 is 0 Å². The third-order valence-electron chi connectivity index (χ3n) is 5.38. The SMILES string of the molecule is c1ccc(C2=[C](c3ccccc3)[Al]([c]3ccccc3)[c]3ccccc32)cc1. The lowest BCUT2D eigenvalue weighted by atomic mass is 9.96.